The molecule has 1 atom stereocenters. The Bertz CT molecular complexity index is 1490. The molecule has 0 spiro atoms. The van der Waals surface area contributed by atoms with E-state index in [0.29, 0.717) is 28.7 Å². The zero-order valence-electron chi connectivity index (χ0n) is 18.0. The van der Waals surface area contributed by atoms with Crippen LogP contribution in [0.3, 0.4) is 0 Å². The maximum absolute atomic E-state index is 13.6. The fraction of sp³-hybridized carbons (Fsp3) is 0.120. The molecule has 4 aromatic rings. The van der Waals surface area contributed by atoms with Crippen molar-refractivity contribution < 1.29 is 18.7 Å². The summed E-state index contributed by atoms with van der Waals surface area (Å²) in [4.78, 5) is 37.0. The average molecular weight is 476 g/mol. The third kappa shape index (κ3) is 3.48. The van der Waals surface area contributed by atoms with Gasteiger partial charge in [0.15, 0.2) is 16.9 Å². The first kappa shape index (κ1) is 21.7. The van der Waals surface area contributed by atoms with E-state index in [9.17, 15) is 9.59 Å². The van der Waals surface area contributed by atoms with E-state index in [1.807, 2.05) is 0 Å². The van der Waals surface area contributed by atoms with Gasteiger partial charge in [-0.2, -0.15) is 0 Å². The van der Waals surface area contributed by atoms with Crippen molar-refractivity contribution in [2.75, 3.05) is 18.6 Å². The Morgan fingerprint density at radius 2 is 1.94 bits per heavy atom. The number of carbonyl (C=O) groups is 1. The first-order chi connectivity index (χ1) is 16.5. The molecular weight excluding hydrogens is 458 g/mol. The molecule has 2 aromatic heterocycles. The van der Waals surface area contributed by atoms with Gasteiger partial charge in [-0.3, -0.25) is 14.5 Å². The molecule has 0 saturated carbocycles. The Kier molecular flexibility index (Phi) is 5.51. The highest BCUT2D eigenvalue weighted by Crippen LogP contribution is 2.42. The van der Waals surface area contributed by atoms with E-state index in [2.05, 4.69) is 16.5 Å². The minimum absolute atomic E-state index is 0.0665. The van der Waals surface area contributed by atoms with Crippen LogP contribution in [0.1, 0.15) is 27.7 Å². The monoisotopic (exact) mass is 475 g/mol. The minimum Gasteiger partial charge on any atom is -0.493 e. The number of hydrogen-bond acceptors (Lipinski definition) is 7. The molecule has 9 heteroatoms. The zero-order chi connectivity index (χ0) is 23.8. The van der Waals surface area contributed by atoms with Crippen LogP contribution in [0.25, 0.3) is 11.0 Å². The number of nitrogens with zero attached hydrogens (tertiary/aromatic N) is 3. The first-order valence-corrected chi connectivity index (χ1v) is 10.7. The van der Waals surface area contributed by atoms with Gasteiger partial charge < -0.3 is 13.9 Å². The van der Waals surface area contributed by atoms with Crippen LogP contribution in [-0.4, -0.2) is 29.6 Å². The quantitative estimate of drug-likeness (QED) is 0.377. The lowest BCUT2D eigenvalue weighted by molar-refractivity contribution is 0.0969. The number of benzene rings is 2. The average Bonchev–Trinajstić information content (AvgIpc) is 3.16. The van der Waals surface area contributed by atoms with E-state index < -0.39 is 11.9 Å². The summed E-state index contributed by atoms with van der Waals surface area (Å²) < 4.78 is 17.1. The Labute approximate surface area is 199 Å². The number of fused-ring (bicyclic) bond motifs is 2. The van der Waals surface area contributed by atoms with Gasteiger partial charge in [-0.25, -0.2) is 9.97 Å². The number of aromatic nitrogens is 2. The predicted molar refractivity (Wildman–Crippen MR) is 127 cm³/mol. The standard InChI is InChI=1S/C25H18ClN3O5/c1-3-11-33-18-7-5-14(12-19(18)32-2)21-20-22(30)16-13-15(26)6-8-17(16)34-23(20)24(31)29(21)25-27-9-4-10-28-25/h3-10,12-13,21H,1,11H2,2H3. The van der Waals surface area contributed by atoms with Crippen LogP contribution in [0, 0.1) is 0 Å². The molecule has 5 rings (SSSR count). The van der Waals surface area contributed by atoms with Gasteiger partial charge in [-0.05, 0) is 42.0 Å². The lowest BCUT2D eigenvalue weighted by Crippen LogP contribution is -2.31. The van der Waals surface area contributed by atoms with E-state index in [0.717, 1.165) is 0 Å². The summed E-state index contributed by atoms with van der Waals surface area (Å²) in [7, 11) is 1.51. The summed E-state index contributed by atoms with van der Waals surface area (Å²) in [6.45, 7) is 3.94. The van der Waals surface area contributed by atoms with Gasteiger partial charge in [0, 0.05) is 17.4 Å². The minimum atomic E-state index is -0.855. The van der Waals surface area contributed by atoms with Gasteiger partial charge >= 0.3 is 0 Å². The third-order valence-corrected chi connectivity index (χ3v) is 5.70. The van der Waals surface area contributed by atoms with E-state index >= 15 is 0 Å². The first-order valence-electron chi connectivity index (χ1n) is 10.3. The molecule has 0 fully saturated rings. The summed E-state index contributed by atoms with van der Waals surface area (Å²) >= 11 is 6.13. The van der Waals surface area contributed by atoms with Crippen molar-refractivity contribution in [2.45, 2.75) is 6.04 Å². The Balaban J connectivity index is 1.76. The molecule has 8 nitrogen and oxygen atoms in total. The summed E-state index contributed by atoms with van der Waals surface area (Å²) in [6, 6.07) is 10.7. The van der Waals surface area contributed by atoms with Crippen molar-refractivity contribution in [1.82, 2.24) is 9.97 Å². The molecule has 0 saturated heterocycles. The molecule has 0 bridgehead atoms. The molecule has 34 heavy (non-hydrogen) atoms. The van der Waals surface area contributed by atoms with Crippen molar-refractivity contribution in [3.63, 3.8) is 0 Å². The molecule has 0 radical (unpaired) electrons. The van der Waals surface area contributed by atoms with Crippen LogP contribution in [-0.2, 0) is 0 Å². The Hall–Kier alpha value is -4.17. The van der Waals surface area contributed by atoms with E-state index in [-0.39, 0.29) is 33.7 Å². The van der Waals surface area contributed by atoms with Crippen LogP contribution in [0.5, 0.6) is 11.5 Å². The van der Waals surface area contributed by atoms with Gasteiger partial charge in [0.1, 0.15) is 12.2 Å². The number of rotatable bonds is 6. The second kappa shape index (κ2) is 8.64. The highest BCUT2D eigenvalue weighted by molar-refractivity contribution is 6.31. The van der Waals surface area contributed by atoms with E-state index in [1.54, 1.807) is 42.5 Å². The van der Waals surface area contributed by atoms with Crippen LogP contribution < -0.4 is 19.8 Å². The van der Waals surface area contributed by atoms with Crippen LogP contribution in [0.15, 0.2) is 76.7 Å². The second-order valence-electron chi connectivity index (χ2n) is 7.45. The molecule has 1 aliphatic rings. The number of hydrogen-bond donors (Lipinski definition) is 0. The van der Waals surface area contributed by atoms with Gasteiger partial charge in [0.2, 0.25) is 11.7 Å². The molecule has 170 valence electrons. The summed E-state index contributed by atoms with van der Waals surface area (Å²) in [5.74, 6) is 0.476. The Morgan fingerprint density at radius 1 is 1.15 bits per heavy atom. The molecule has 1 aliphatic heterocycles. The fourth-order valence-corrected chi connectivity index (χ4v) is 4.18. The molecule has 0 aliphatic carbocycles. The van der Waals surface area contributed by atoms with Crippen LogP contribution in [0.2, 0.25) is 5.02 Å². The van der Waals surface area contributed by atoms with Crippen molar-refractivity contribution in [3.8, 4) is 11.5 Å². The van der Waals surface area contributed by atoms with E-state index in [4.69, 9.17) is 25.5 Å². The maximum Gasteiger partial charge on any atom is 0.297 e. The number of carbonyl (C=O) groups excluding carboxylic acids is 1. The largest absolute Gasteiger partial charge is 0.493 e. The molecule has 0 N–H and O–H groups in total. The summed E-state index contributed by atoms with van der Waals surface area (Å²) in [5, 5.41) is 0.659. The van der Waals surface area contributed by atoms with Crippen LogP contribution in [0.4, 0.5) is 5.95 Å². The highest BCUT2D eigenvalue weighted by atomic mass is 35.5. The summed E-state index contributed by atoms with van der Waals surface area (Å²) in [5.41, 5.74) is 0.674. The van der Waals surface area contributed by atoms with Crippen LogP contribution >= 0.6 is 11.6 Å². The molecule has 1 amide bonds. The molecule has 2 aromatic carbocycles. The van der Waals surface area contributed by atoms with Crippen molar-refractivity contribution in [1.29, 1.82) is 0 Å². The normalized spacial score (nSPS) is 14.8. The summed E-state index contributed by atoms with van der Waals surface area (Å²) in [6.07, 6.45) is 4.66. The van der Waals surface area contributed by atoms with Gasteiger partial charge in [0.05, 0.1) is 24.1 Å². The van der Waals surface area contributed by atoms with E-state index in [1.165, 1.54) is 30.5 Å². The number of halogens is 1. The zero-order valence-corrected chi connectivity index (χ0v) is 18.8. The van der Waals surface area contributed by atoms with Crippen molar-refractivity contribution in [2.24, 2.45) is 0 Å². The number of methoxy groups -OCH3 is 1. The Morgan fingerprint density at radius 3 is 2.68 bits per heavy atom. The van der Waals surface area contributed by atoms with Gasteiger partial charge in [-0.15, -0.1) is 0 Å². The topological polar surface area (TPSA) is 94.8 Å². The highest BCUT2D eigenvalue weighted by Gasteiger charge is 2.45. The third-order valence-electron chi connectivity index (χ3n) is 5.46. The molecular formula is C25H18ClN3O5. The SMILES string of the molecule is C=CCOc1ccc(C2c3c(oc4ccc(Cl)cc4c3=O)C(=O)N2c2ncccn2)cc1OC. The number of amides is 1. The molecule has 3 heterocycles. The second-order valence-corrected chi connectivity index (χ2v) is 7.89. The number of ether oxygens (including phenoxy) is 2. The maximum atomic E-state index is 13.6. The van der Waals surface area contributed by atoms with Gasteiger partial charge in [-0.1, -0.05) is 30.3 Å². The lowest BCUT2D eigenvalue weighted by atomic mass is 9.98. The smallest absolute Gasteiger partial charge is 0.297 e. The fourth-order valence-electron chi connectivity index (χ4n) is 4.00. The van der Waals surface area contributed by atoms with Gasteiger partial charge in [0.25, 0.3) is 5.91 Å². The van der Waals surface area contributed by atoms with Crippen molar-refractivity contribution in [3.05, 3.63) is 99.6 Å². The molecule has 1 unspecified atom stereocenters. The lowest BCUT2D eigenvalue weighted by Gasteiger charge is -2.23. The van der Waals surface area contributed by atoms with Crippen molar-refractivity contribution >= 4 is 34.4 Å². The number of anilines is 1. The predicted octanol–water partition coefficient (Wildman–Crippen LogP) is 4.56.